The Morgan fingerprint density at radius 2 is 1.88 bits per heavy atom. The Morgan fingerprint density at radius 1 is 1.09 bits per heavy atom. The van der Waals surface area contributed by atoms with Crippen LogP contribution in [0.5, 0.6) is 0 Å². The van der Waals surface area contributed by atoms with Crippen molar-refractivity contribution in [1.82, 2.24) is 19.0 Å². The van der Waals surface area contributed by atoms with Crippen LogP contribution >= 0.6 is 0 Å². The van der Waals surface area contributed by atoms with Gasteiger partial charge in [-0.1, -0.05) is 18.2 Å². The maximum Gasteiger partial charge on any atom is 0.254 e. The highest BCUT2D eigenvalue weighted by molar-refractivity contribution is 5.98. The van der Waals surface area contributed by atoms with E-state index in [2.05, 4.69) is 34.3 Å². The molecule has 4 aromatic rings. The number of fused-ring (bicyclic) bond motifs is 2. The van der Waals surface area contributed by atoms with Crippen LogP contribution in [0.15, 0.2) is 48.5 Å². The van der Waals surface area contributed by atoms with Crippen molar-refractivity contribution in [3.63, 3.8) is 0 Å². The minimum absolute atomic E-state index is 0.159. The number of primary amides is 1. The SMILES string of the molecule is CCn1c(-c2nc3cc(C(=O)N4CC(N)CC(C(N)=O)C4)ccc3n2C)cc2ccccc21. The first-order chi connectivity index (χ1) is 15.9. The maximum absolute atomic E-state index is 13.2. The summed E-state index contributed by atoms with van der Waals surface area (Å²) in [5.74, 6) is -0.146. The summed E-state index contributed by atoms with van der Waals surface area (Å²) in [5, 5.41) is 1.17. The topological polar surface area (TPSA) is 112 Å². The number of hydrogen-bond acceptors (Lipinski definition) is 4. The number of benzene rings is 2. The van der Waals surface area contributed by atoms with Crippen LogP contribution in [0.1, 0.15) is 23.7 Å². The summed E-state index contributed by atoms with van der Waals surface area (Å²) < 4.78 is 4.31. The quantitative estimate of drug-likeness (QED) is 0.504. The fourth-order valence-corrected chi connectivity index (χ4v) is 4.99. The third kappa shape index (κ3) is 3.56. The smallest absolute Gasteiger partial charge is 0.254 e. The molecule has 8 nitrogen and oxygen atoms in total. The first kappa shape index (κ1) is 21.2. The van der Waals surface area contributed by atoms with Gasteiger partial charge < -0.3 is 25.5 Å². The molecule has 1 aliphatic heterocycles. The summed E-state index contributed by atoms with van der Waals surface area (Å²) in [5.41, 5.74) is 16.0. The van der Waals surface area contributed by atoms with Gasteiger partial charge in [-0.15, -0.1) is 0 Å². The van der Waals surface area contributed by atoms with Gasteiger partial charge in [0.05, 0.1) is 22.6 Å². The van der Waals surface area contributed by atoms with Crippen molar-refractivity contribution in [2.75, 3.05) is 13.1 Å². The van der Waals surface area contributed by atoms with Crippen molar-refractivity contribution in [1.29, 1.82) is 0 Å². The molecule has 2 aromatic carbocycles. The molecule has 1 saturated heterocycles. The molecule has 0 spiro atoms. The normalized spacial score (nSPS) is 18.8. The van der Waals surface area contributed by atoms with Gasteiger partial charge in [-0.25, -0.2) is 4.98 Å². The molecule has 2 amide bonds. The molecule has 4 N–H and O–H groups in total. The average Bonchev–Trinajstić information content (AvgIpc) is 3.34. The van der Waals surface area contributed by atoms with E-state index in [-0.39, 0.29) is 11.9 Å². The zero-order valence-electron chi connectivity index (χ0n) is 18.9. The van der Waals surface area contributed by atoms with E-state index in [4.69, 9.17) is 16.5 Å². The highest BCUT2D eigenvalue weighted by atomic mass is 16.2. The Bertz CT molecular complexity index is 1380. The number of amides is 2. The molecule has 2 atom stereocenters. The lowest BCUT2D eigenvalue weighted by Crippen LogP contribution is -2.52. The summed E-state index contributed by atoms with van der Waals surface area (Å²) in [4.78, 5) is 31.4. The molecule has 0 saturated carbocycles. The van der Waals surface area contributed by atoms with Gasteiger partial charge in [0.25, 0.3) is 5.91 Å². The molecular weight excluding hydrogens is 416 g/mol. The molecule has 5 rings (SSSR count). The lowest BCUT2D eigenvalue weighted by Gasteiger charge is -2.35. The van der Waals surface area contributed by atoms with Crippen LogP contribution in [0.2, 0.25) is 0 Å². The van der Waals surface area contributed by atoms with Gasteiger partial charge in [-0.2, -0.15) is 0 Å². The maximum atomic E-state index is 13.2. The van der Waals surface area contributed by atoms with Crippen LogP contribution in [0, 0.1) is 5.92 Å². The number of likely N-dealkylation sites (tertiary alicyclic amines) is 1. The number of nitrogens with zero attached hydrogens (tertiary/aromatic N) is 4. The summed E-state index contributed by atoms with van der Waals surface area (Å²) in [6.07, 6.45) is 0.507. The second-order valence-electron chi connectivity index (χ2n) is 8.84. The predicted octanol–water partition coefficient (Wildman–Crippen LogP) is 2.49. The van der Waals surface area contributed by atoms with Crippen LogP contribution in [0.25, 0.3) is 33.5 Å². The first-order valence-corrected chi connectivity index (χ1v) is 11.3. The van der Waals surface area contributed by atoms with Crippen molar-refractivity contribution < 1.29 is 9.59 Å². The summed E-state index contributed by atoms with van der Waals surface area (Å²) in [7, 11) is 1.99. The second kappa shape index (κ2) is 8.04. The molecule has 1 fully saturated rings. The van der Waals surface area contributed by atoms with Gasteiger partial charge in [-0.3, -0.25) is 9.59 Å². The average molecular weight is 445 g/mol. The summed E-state index contributed by atoms with van der Waals surface area (Å²) >= 11 is 0. The van der Waals surface area contributed by atoms with Crippen LogP contribution in [0.4, 0.5) is 0 Å². The number of nitrogens with two attached hydrogens (primary N) is 2. The first-order valence-electron chi connectivity index (χ1n) is 11.3. The standard InChI is InChI=1S/C25H28N6O2/c1-3-31-20-7-5-4-6-15(20)12-22(31)24-28-19-11-16(8-9-21(19)29(24)2)25(33)30-13-17(23(27)32)10-18(26)14-30/h4-9,11-12,17-18H,3,10,13-14,26H2,1-2H3,(H2,27,32). The zero-order chi connectivity index (χ0) is 23.3. The third-order valence-electron chi connectivity index (χ3n) is 6.66. The summed E-state index contributed by atoms with van der Waals surface area (Å²) in [6, 6.07) is 15.7. The van der Waals surface area contributed by atoms with Crippen LogP contribution in [-0.2, 0) is 18.4 Å². The van der Waals surface area contributed by atoms with Gasteiger partial charge in [0.1, 0.15) is 0 Å². The molecule has 0 bridgehead atoms. The van der Waals surface area contributed by atoms with E-state index >= 15 is 0 Å². The van der Waals surface area contributed by atoms with Gasteiger partial charge in [0.15, 0.2) is 5.82 Å². The Hall–Kier alpha value is -3.65. The number of aromatic nitrogens is 3. The Kier molecular flexibility index (Phi) is 5.17. The predicted molar refractivity (Wildman–Crippen MR) is 129 cm³/mol. The van der Waals surface area contributed by atoms with Crippen LogP contribution in [-0.4, -0.2) is 50.0 Å². The zero-order valence-corrected chi connectivity index (χ0v) is 18.9. The second-order valence-corrected chi connectivity index (χ2v) is 8.84. The van der Waals surface area contributed by atoms with Gasteiger partial charge in [-0.05, 0) is 43.7 Å². The number of hydrogen-bond donors (Lipinski definition) is 2. The van der Waals surface area contributed by atoms with Crippen molar-refractivity contribution >= 4 is 33.8 Å². The fourth-order valence-electron chi connectivity index (χ4n) is 4.99. The number of piperidine rings is 1. The number of rotatable bonds is 4. The van der Waals surface area contributed by atoms with Crippen molar-refractivity contribution in [2.24, 2.45) is 24.4 Å². The molecular formula is C25H28N6O2. The van der Waals surface area contributed by atoms with Gasteiger partial charge in [0, 0.05) is 49.2 Å². The number of aryl methyl sites for hydroxylation is 2. The molecule has 2 aromatic heterocycles. The molecule has 1 aliphatic rings. The highest BCUT2D eigenvalue weighted by Crippen LogP contribution is 2.30. The molecule has 2 unspecified atom stereocenters. The Morgan fingerprint density at radius 3 is 2.64 bits per heavy atom. The Balaban J connectivity index is 1.53. The van der Waals surface area contributed by atoms with Crippen molar-refractivity contribution in [3.8, 4) is 11.5 Å². The fraction of sp³-hybridized carbons (Fsp3) is 0.320. The van der Waals surface area contributed by atoms with Gasteiger partial charge in [0.2, 0.25) is 5.91 Å². The molecule has 0 aliphatic carbocycles. The van der Waals surface area contributed by atoms with Crippen molar-refractivity contribution in [2.45, 2.75) is 25.9 Å². The molecule has 8 heteroatoms. The third-order valence-corrected chi connectivity index (χ3v) is 6.66. The minimum Gasteiger partial charge on any atom is -0.369 e. The van der Waals surface area contributed by atoms with E-state index in [0.717, 1.165) is 29.1 Å². The summed E-state index contributed by atoms with van der Waals surface area (Å²) in [6.45, 7) is 3.65. The van der Waals surface area contributed by atoms with Crippen molar-refractivity contribution in [3.05, 3.63) is 54.1 Å². The van der Waals surface area contributed by atoms with E-state index in [9.17, 15) is 9.59 Å². The Labute approximate surface area is 191 Å². The molecule has 170 valence electrons. The van der Waals surface area contributed by atoms with E-state index in [0.29, 0.717) is 25.1 Å². The number of carbonyl (C=O) groups is 2. The number of carbonyl (C=O) groups excluding carboxylic acids is 2. The largest absolute Gasteiger partial charge is 0.369 e. The van der Waals surface area contributed by atoms with E-state index in [1.54, 1.807) is 4.90 Å². The minimum atomic E-state index is -0.418. The van der Waals surface area contributed by atoms with E-state index < -0.39 is 11.8 Å². The van der Waals surface area contributed by atoms with Crippen LogP contribution in [0.3, 0.4) is 0 Å². The van der Waals surface area contributed by atoms with E-state index in [1.165, 1.54) is 10.9 Å². The lowest BCUT2D eigenvalue weighted by atomic mass is 9.93. The number of imidazole rings is 1. The monoisotopic (exact) mass is 444 g/mol. The molecule has 3 heterocycles. The molecule has 0 radical (unpaired) electrons. The lowest BCUT2D eigenvalue weighted by molar-refractivity contribution is -0.123. The molecule has 33 heavy (non-hydrogen) atoms. The van der Waals surface area contributed by atoms with Crippen LogP contribution < -0.4 is 11.5 Å². The highest BCUT2D eigenvalue weighted by Gasteiger charge is 2.31. The van der Waals surface area contributed by atoms with Gasteiger partial charge >= 0.3 is 0 Å². The number of para-hydroxylation sites is 1. The van der Waals surface area contributed by atoms with E-state index in [1.807, 2.05) is 37.4 Å².